The molecule has 0 spiro atoms. The fraction of sp³-hybridized carbons (Fsp3) is 0.333. The number of benzene rings is 1. The maximum Gasteiger partial charge on any atom is 0.244 e. The van der Waals surface area contributed by atoms with Crippen LogP contribution >= 0.6 is 0 Å². The number of Topliss-reactive ketones (excluding diaryl/α,β-unsaturated/α-hetero) is 1. The summed E-state index contributed by atoms with van der Waals surface area (Å²) in [4.78, 5) is 49.0. The van der Waals surface area contributed by atoms with Crippen molar-refractivity contribution in [1.29, 1.82) is 0 Å². The normalized spacial score (nSPS) is 18.8. The van der Waals surface area contributed by atoms with E-state index in [4.69, 9.17) is 11.5 Å². The lowest BCUT2D eigenvalue weighted by Gasteiger charge is -2.44. The van der Waals surface area contributed by atoms with E-state index >= 15 is 0 Å². The van der Waals surface area contributed by atoms with E-state index < -0.39 is 41.6 Å². The van der Waals surface area contributed by atoms with Crippen LogP contribution in [0.25, 0.3) is 0 Å². The van der Waals surface area contributed by atoms with E-state index in [0.717, 1.165) is 4.90 Å². The predicted molar refractivity (Wildman–Crippen MR) is 80.7 cm³/mol. The molecule has 5 N–H and O–H groups in total. The molecule has 1 aliphatic heterocycles. The van der Waals surface area contributed by atoms with Gasteiger partial charge in [0.25, 0.3) is 0 Å². The number of hydrogen-bond donors (Lipinski definition) is 3. The van der Waals surface area contributed by atoms with Crippen molar-refractivity contribution in [3.8, 4) is 0 Å². The Kier molecular flexibility index (Phi) is 4.46. The fourth-order valence-electron chi connectivity index (χ4n) is 2.72. The van der Waals surface area contributed by atoms with Gasteiger partial charge in [0, 0.05) is 0 Å². The van der Waals surface area contributed by atoms with E-state index in [1.54, 1.807) is 30.3 Å². The molecule has 23 heavy (non-hydrogen) atoms. The number of rotatable bonds is 5. The molecule has 8 heteroatoms. The molecule has 1 saturated heterocycles. The van der Waals surface area contributed by atoms with Gasteiger partial charge in [0.2, 0.25) is 17.7 Å². The first-order chi connectivity index (χ1) is 10.8. The van der Waals surface area contributed by atoms with E-state index in [1.165, 1.54) is 6.92 Å². The number of carbonyl (C=O) groups is 4. The van der Waals surface area contributed by atoms with Crippen LogP contribution in [-0.2, 0) is 19.2 Å². The van der Waals surface area contributed by atoms with Crippen LogP contribution in [0.4, 0.5) is 0 Å². The molecule has 1 aliphatic rings. The summed E-state index contributed by atoms with van der Waals surface area (Å²) < 4.78 is 0. The third-order valence-corrected chi connectivity index (χ3v) is 3.91. The summed E-state index contributed by atoms with van der Waals surface area (Å²) in [5.41, 5.74) is 10.1. The zero-order valence-electron chi connectivity index (χ0n) is 12.6. The topological polar surface area (TPSA) is 136 Å². The van der Waals surface area contributed by atoms with Gasteiger partial charge in [0.1, 0.15) is 12.5 Å². The van der Waals surface area contributed by atoms with Crippen molar-refractivity contribution < 1.29 is 19.2 Å². The minimum absolute atomic E-state index is 0.286. The first-order valence-corrected chi connectivity index (χ1v) is 6.99. The Morgan fingerprint density at radius 2 is 1.87 bits per heavy atom. The third kappa shape index (κ3) is 2.93. The van der Waals surface area contributed by atoms with Crippen molar-refractivity contribution in [3.05, 3.63) is 35.9 Å². The van der Waals surface area contributed by atoms with Gasteiger partial charge in [-0.2, -0.15) is 0 Å². The molecule has 0 bridgehead atoms. The van der Waals surface area contributed by atoms with Gasteiger partial charge in [-0.25, -0.2) is 0 Å². The Bertz CT molecular complexity index is 661. The molecule has 2 unspecified atom stereocenters. The second-order valence-electron chi connectivity index (χ2n) is 5.38. The van der Waals surface area contributed by atoms with Crippen LogP contribution in [0.1, 0.15) is 18.4 Å². The SMILES string of the molecule is CC(=O)C(N)(C(C(N)=O)c1ccccc1)N1CC(=O)NCC1=O. The van der Waals surface area contributed by atoms with Crippen molar-refractivity contribution >= 4 is 23.5 Å². The summed E-state index contributed by atoms with van der Waals surface area (Å²) in [6, 6.07) is 8.24. The van der Waals surface area contributed by atoms with Crippen molar-refractivity contribution in [1.82, 2.24) is 10.2 Å². The van der Waals surface area contributed by atoms with Crippen molar-refractivity contribution in [2.75, 3.05) is 13.1 Å². The van der Waals surface area contributed by atoms with E-state index in [9.17, 15) is 19.2 Å². The standard InChI is InChI=1S/C15H18N4O4/c1-9(20)15(17,19-8-11(21)18-7-12(19)22)13(14(16)23)10-5-3-2-4-6-10/h2-6,13H,7-8,17H2,1H3,(H2,16,23)(H,18,21). The molecule has 1 aromatic carbocycles. The van der Waals surface area contributed by atoms with Crippen LogP contribution in [-0.4, -0.2) is 47.2 Å². The second kappa shape index (κ2) is 6.17. The molecule has 2 atom stereocenters. The molecule has 1 heterocycles. The minimum atomic E-state index is -2.03. The van der Waals surface area contributed by atoms with Gasteiger partial charge in [-0.1, -0.05) is 30.3 Å². The van der Waals surface area contributed by atoms with E-state index in [1.807, 2.05) is 0 Å². The van der Waals surface area contributed by atoms with Crippen LogP contribution in [0.3, 0.4) is 0 Å². The number of nitrogens with zero attached hydrogens (tertiary/aromatic N) is 1. The molecule has 0 radical (unpaired) electrons. The maximum atomic E-state index is 12.3. The maximum absolute atomic E-state index is 12.3. The van der Waals surface area contributed by atoms with Crippen LogP contribution in [0.2, 0.25) is 0 Å². The number of ketones is 1. The Hall–Kier alpha value is -2.74. The first kappa shape index (κ1) is 16.6. The summed E-state index contributed by atoms with van der Waals surface area (Å²) in [5, 5.41) is 2.37. The minimum Gasteiger partial charge on any atom is -0.369 e. The highest BCUT2D eigenvalue weighted by Crippen LogP contribution is 2.31. The van der Waals surface area contributed by atoms with Gasteiger partial charge in [-0.05, 0) is 12.5 Å². The number of carbonyl (C=O) groups excluding carboxylic acids is 4. The summed E-state index contributed by atoms with van der Waals surface area (Å²) in [7, 11) is 0. The van der Waals surface area contributed by atoms with Crippen molar-refractivity contribution in [2.45, 2.75) is 18.5 Å². The van der Waals surface area contributed by atoms with Crippen LogP contribution in [0.5, 0.6) is 0 Å². The lowest BCUT2D eigenvalue weighted by atomic mass is 9.81. The number of hydrogen-bond acceptors (Lipinski definition) is 5. The molecule has 1 aromatic rings. The Labute approximate surface area is 132 Å². The lowest BCUT2D eigenvalue weighted by Crippen LogP contribution is -2.72. The zero-order chi connectivity index (χ0) is 17.2. The zero-order valence-corrected chi connectivity index (χ0v) is 12.6. The monoisotopic (exact) mass is 318 g/mol. The Balaban J connectivity index is 2.57. The highest BCUT2D eigenvalue weighted by molar-refractivity contribution is 6.02. The van der Waals surface area contributed by atoms with Gasteiger partial charge >= 0.3 is 0 Å². The molecule has 8 nitrogen and oxygen atoms in total. The number of nitrogens with one attached hydrogen (secondary N) is 1. The van der Waals surface area contributed by atoms with Gasteiger partial charge in [0.05, 0.1) is 6.54 Å². The Morgan fingerprint density at radius 3 is 2.39 bits per heavy atom. The molecule has 0 aliphatic carbocycles. The molecule has 1 fully saturated rings. The van der Waals surface area contributed by atoms with E-state index in [-0.39, 0.29) is 6.54 Å². The third-order valence-electron chi connectivity index (χ3n) is 3.91. The van der Waals surface area contributed by atoms with Crippen LogP contribution in [0.15, 0.2) is 30.3 Å². The number of amides is 3. The van der Waals surface area contributed by atoms with Crippen molar-refractivity contribution in [3.63, 3.8) is 0 Å². The molecule has 122 valence electrons. The fourth-order valence-corrected chi connectivity index (χ4v) is 2.72. The average Bonchev–Trinajstić information content (AvgIpc) is 2.50. The van der Waals surface area contributed by atoms with Gasteiger partial charge < -0.3 is 21.7 Å². The van der Waals surface area contributed by atoms with Gasteiger partial charge in [-0.3, -0.25) is 19.2 Å². The predicted octanol–water partition coefficient (Wildman–Crippen LogP) is -1.54. The summed E-state index contributed by atoms with van der Waals surface area (Å²) >= 11 is 0. The van der Waals surface area contributed by atoms with Gasteiger partial charge in [-0.15, -0.1) is 0 Å². The van der Waals surface area contributed by atoms with Crippen LogP contribution < -0.4 is 16.8 Å². The molecule has 2 rings (SSSR count). The smallest absolute Gasteiger partial charge is 0.244 e. The molecule has 0 aromatic heterocycles. The average molecular weight is 318 g/mol. The van der Waals surface area contributed by atoms with Crippen molar-refractivity contribution in [2.24, 2.45) is 11.5 Å². The molecule has 0 saturated carbocycles. The van der Waals surface area contributed by atoms with Crippen LogP contribution in [0, 0.1) is 0 Å². The van der Waals surface area contributed by atoms with Gasteiger partial charge in [0.15, 0.2) is 11.4 Å². The molecular weight excluding hydrogens is 300 g/mol. The highest BCUT2D eigenvalue weighted by atomic mass is 16.2. The first-order valence-electron chi connectivity index (χ1n) is 6.99. The summed E-state index contributed by atoms with van der Waals surface area (Å²) in [5.74, 6) is -3.77. The number of piperazine rings is 1. The lowest BCUT2D eigenvalue weighted by molar-refractivity contribution is -0.155. The Morgan fingerprint density at radius 1 is 1.26 bits per heavy atom. The molecule has 3 amide bonds. The van der Waals surface area contributed by atoms with E-state index in [0.29, 0.717) is 5.56 Å². The van der Waals surface area contributed by atoms with E-state index in [2.05, 4.69) is 5.32 Å². The second-order valence-corrected chi connectivity index (χ2v) is 5.38. The number of primary amides is 1. The highest BCUT2D eigenvalue weighted by Gasteiger charge is 2.51. The molecular formula is C15H18N4O4. The quantitative estimate of drug-likeness (QED) is 0.604. The summed E-state index contributed by atoms with van der Waals surface area (Å²) in [6.45, 7) is 0.468. The number of nitrogens with two attached hydrogens (primary N) is 2. The summed E-state index contributed by atoms with van der Waals surface area (Å²) in [6.07, 6.45) is 0. The largest absolute Gasteiger partial charge is 0.369 e.